The van der Waals surface area contributed by atoms with Crippen molar-refractivity contribution in [1.82, 2.24) is 14.5 Å². The van der Waals surface area contributed by atoms with Crippen LogP contribution >= 0.6 is 11.3 Å². The maximum atomic E-state index is 12.7. The molecule has 0 bridgehead atoms. The molecule has 0 saturated heterocycles. The summed E-state index contributed by atoms with van der Waals surface area (Å²) in [7, 11) is -3.65. The zero-order valence-electron chi connectivity index (χ0n) is 10.7. The van der Waals surface area contributed by atoms with Crippen molar-refractivity contribution < 1.29 is 13.5 Å². The summed E-state index contributed by atoms with van der Waals surface area (Å²) in [5.74, 6) is 0. The lowest BCUT2D eigenvalue weighted by Gasteiger charge is -2.20. The van der Waals surface area contributed by atoms with Crippen LogP contribution in [0.15, 0.2) is 28.7 Å². The van der Waals surface area contributed by atoms with Crippen molar-refractivity contribution in [3.8, 4) is 0 Å². The van der Waals surface area contributed by atoms with Gasteiger partial charge in [-0.05, 0) is 24.3 Å². The molecular weight excluding hydrogens is 298 g/mol. The minimum atomic E-state index is -3.65. The second kappa shape index (κ2) is 5.28. The Labute approximate surface area is 121 Å². The van der Waals surface area contributed by atoms with Crippen molar-refractivity contribution >= 4 is 21.4 Å². The summed E-state index contributed by atoms with van der Waals surface area (Å²) in [6.07, 6.45) is 3.11. The first-order valence-electron chi connectivity index (χ1n) is 6.30. The Hall–Kier alpha value is -1.22. The number of sulfonamides is 1. The van der Waals surface area contributed by atoms with Gasteiger partial charge in [-0.25, -0.2) is 8.42 Å². The molecule has 0 unspecified atom stereocenters. The van der Waals surface area contributed by atoms with Gasteiger partial charge in [0.25, 0.3) is 10.0 Å². The van der Waals surface area contributed by atoms with E-state index < -0.39 is 10.0 Å². The highest BCUT2D eigenvalue weighted by Gasteiger charge is 2.39. The highest BCUT2D eigenvalue weighted by Crippen LogP contribution is 2.34. The van der Waals surface area contributed by atoms with E-state index in [2.05, 4.69) is 10.2 Å². The quantitative estimate of drug-likeness (QED) is 0.842. The Morgan fingerprint density at radius 2 is 2.30 bits per heavy atom. The summed E-state index contributed by atoms with van der Waals surface area (Å²) in [6.45, 7) is 0.0249. The molecule has 0 amide bonds. The van der Waals surface area contributed by atoms with Gasteiger partial charge in [0.15, 0.2) is 5.03 Å². The minimum Gasteiger partial charge on any atom is -0.392 e. The van der Waals surface area contributed by atoms with E-state index in [0.29, 0.717) is 12.1 Å². The molecule has 20 heavy (non-hydrogen) atoms. The minimum absolute atomic E-state index is 0.00320. The average molecular weight is 313 g/mol. The van der Waals surface area contributed by atoms with Crippen LogP contribution in [0.25, 0.3) is 0 Å². The van der Waals surface area contributed by atoms with E-state index >= 15 is 0 Å². The fourth-order valence-corrected chi connectivity index (χ4v) is 4.63. The maximum absolute atomic E-state index is 12.7. The summed E-state index contributed by atoms with van der Waals surface area (Å²) in [5, 5.41) is 17.4. The Balaban J connectivity index is 1.94. The third-order valence-electron chi connectivity index (χ3n) is 3.26. The molecular formula is C12H15N3O3S2. The highest BCUT2D eigenvalue weighted by atomic mass is 32.2. The van der Waals surface area contributed by atoms with E-state index in [-0.39, 0.29) is 17.7 Å². The lowest BCUT2D eigenvalue weighted by molar-refractivity contribution is 0.277. The number of aliphatic hydroxyl groups is 1. The van der Waals surface area contributed by atoms with Gasteiger partial charge >= 0.3 is 0 Å². The fraction of sp³-hybridized carbons (Fsp3) is 0.417. The zero-order chi connectivity index (χ0) is 14.2. The van der Waals surface area contributed by atoms with Gasteiger partial charge < -0.3 is 5.11 Å². The number of hydrogen-bond acceptors (Lipinski definition) is 5. The van der Waals surface area contributed by atoms with Crippen LogP contribution in [-0.4, -0.2) is 34.1 Å². The SMILES string of the molecule is O=S(=O)(c1[nH]ncc1CO)N(Cc1cccs1)C1CC1. The summed E-state index contributed by atoms with van der Waals surface area (Å²) in [6, 6.07) is 3.89. The van der Waals surface area contributed by atoms with Gasteiger partial charge in [-0.15, -0.1) is 11.3 Å². The molecule has 2 N–H and O–H groups in total. The van der Waals surface area contributed by atoms with Crippen LogP contribution in [0.5, 0.6) is 0 Å². The predicted molar refractivity (Wildman–Crippen MR) is 74.6 cm³/mol. The molecule has 2 aromatic rings. The molecule has 0 aliphatic heterocycles. The standard InChI is InChI=1S/C12H15N3O3S2/c16-8-9-6-13-14-12(9)20(17,18)15(10-3-4-10)7-11-2-1-5-19-11/h1-2,5-6,10,16H,3-4,7-8H2,(H,13,14). The lowest BCUT2D eigenvalue weighted by Crippen LogP contribution is -2.33. The van der Waals surface area contributed by atoms with Crippen molar-refractivity contribution in [3.63, 3.8) is 0 Å². The number of aliphatic hydroxyl groups excluding tert-OH is 1. The number of thiophene rings is 1. The van der Waals surface area contributed by atoms with Gasteiger partial charge in [0.05, 0.1) is 12.8 Å². The molecule has 1 saturated carbocycles. The molecule has 8 heteroatoms. The van der Waals surface area contributed by atoms with Gasteiger partial charge in [0.1, 0.15) is 0 Å². The van der Waals surface area contributed by atoms with Crippen molar-refractivity contribution in [1.29, 1.82) is 0 Å². The van der Waals surface area contributed by atoms with Gasteiger partial charge in [0, 0.05) is 23.0 Å². The Morgan fingerprint density at radius 3 is 2.90 bits per heavy atom. The summed E-state index contributed by atoms with van der Waals surface area (Å²) < 4.78 is 27.0. The molecule has 108 valence electrons. The number of aromatic nitrogens is 2. The Bertz CT molecular complexity index is 675. The molecule has 0 aromatic carbocycles. The number of H-pyrrole nitrogens is 1. The van der Waals surface area contributed by atoms with Crippen molar-refractivity contribution in [2.45, 2.75) is 37.1 Å². The molecule has 2 aromatic heterocycles. The largest absolute Gasteiger partial charge is 0.392 e. The maximum Gasteiger partial charge on any atom is 0.260 e. The third-order valence-corrected chi connectivity index (χ3v) is 6.04. The van der Waals surface area contributed by atoms with Crippen LogP contribution in [0.4, 0.5) is 0 Å². The van der Waals surface area contributed by atoms with Crippen LogP contribution < -0.4 is 0 Å². The molecule has 2 heterocycles. The number of hydrogen-bond donors (Lipinski definition) is 2. The van der Waals surface area contributed by atoms with E-state index in [4.69, 9.17) is 0 Å². The molecule has 1 fully saturated rings. The number of nitrogens with zero attached hydrogens (tertiary/aromatic N) is 2. The third kappa shape index (κ3) is 2.51. The summed E-state index contributed by atoms with van der Waals surface area (Å²) in [5.41, 5.74) is 0.307. The fourth-order valence-electron chi connectivity index (χ4n) is 2.08. The first-order valence-corrected chi connectivity index (χ1v) is 8.62. The average Bonchev–Trinajstić information content (AvgIpc) is 2.95. The van der Waals surface area contributed by atoms with E-state index in [1.165, 1.54) is 21.8 Å². The molecule has 1 aliphatic rings. The number of rotatable bonds is 6. The normalized spacial score (nSPS) is 15.9. The number of aromatic amines is 1. The van der Waals surface area contributed by atoms with Crippen molar-refractivity contribution in [3.05, 3.63) is 34.2 Å². The number of nitrogens with one attached hydrogen (secondary N) is 1. The molecule has 3 rings (SSSR count). The lowest BCUT2D eigenvalue weighted by atomic mass is 10.4. The summed E-state index contributed by atoms with van der Waals surface area (Å²) >= 11 is 1.54. The topological polar surface area (TPSA) is 86.3 Å². The van der Waals surface area contributed by atoms with Crippen molar-refractivity contribution in [2.75, 3.05) is 0 Å². The predicted octanol–water partition coefficient (Wildman–Crippen LogP) is 1.32. The van der Waals surface area contributed by atoms with E-state index in [1.807, 2.05) is 17.5 Å². The van der Waals surface area contributed by atoms with E-state index in [1.54, 1.807) is 0 Å². The van der Waals surface area contributed by atoms with Gasteiger partial charge in [-0.1, -0.05) is 6.07 Å². The van der Waals surface area contributed by atoms with Crippen LogP contribution in [0.1, 0.15) is 23.3 Å². The van der Waals surface area contributed by atoms with E-state index in [0.717, 1.165) is 17.7 Å². The monoisotopic (exact) mass is 313 g/mol. The smallest absolute Gasteiger partial charge is 0.260 e. The molecule has 1 aliphatic carbocycles. The van der Waals surface area contributed by atoms with Gasteiger partial charge in [-0.2, -0.15) is 9.40 Å². The Kier molecular flexibility index (Phi) is 3.63. The van der Waals surface area contributed by atoms with Crippen molar-refractivity contribution in [2.24, 2.45) is 0 Å². The first kappa shape index (κ1) is 13.7. The second-order valence-corrected chi connectivity index (χ2v) is 7.60. The van der Waals surface area contributed by atoms with Gasteiger partial charge in [0.2, 0.25) is 0 Å². The first-order chi connectivity index (χ1) is 9.63. The van der Waals surface area contributed by atoms with Crippen LogP contribution in [0.2, 0.25) is 0 Å². The summed E-state index contributed by atoms with van der Waals surface area (Å²) in [4.78, 5) is 1.01. The zero-order valence-corrected chi connectivity index (χ0v) is 12.3. The van der Waals surface area contributed by atoms with Crippen LogP contribution in [0.3, 0.4) is 0 Å². The van der Waals surface area contributed by atoms with Crippen LogP contribution in [-0.2, 0) is 23.2 Å². The molecule has 0 radical (unpaired) electrons. The Morgan fingerprint density at radius 1 is 1.50 bits per heavy atom. The molecule has 6 nitrogen and oxygen atoms in total. The van der Waals surface area contributed by atoms with Gasteiger partial charge in [-0.3, -0.25) is 5.10 Å². The van der Waals surface area contributed by atoms with E-state index in [9.17, 15) is 13.5 Å². The van der Waals surface area contributed by atoms with Crippen LogP contribution in [0, 0.1) is 0 Å². The molecule has 0 atom stereocenters. The second-order valence-electron chi connectivity index (χ2n) is 4.74. The molecule has 0 spiro atoms. The highest BCUT2D eigenvalue weighted by molar-refractivity contribution is 7.89.